The molecule has 0 bridgehead atoms. The van der Waals surface area contributed by atoms with Gasteiger partial charge in [0, 0.05) is 0 Å². The summed E-state index contributed by atoms with van der Waals surface area (Å²) in [5.74, 6) is -0.715. The molecule has 1 saturated heterocycles. The fraction of sp³-hybridized carbons (Fsp3) is 0.881. The Labute approximate surface area is 321 Å². The van der Waals surface area contributed by atoms with Crippen molar-refractivity contribution < 1.29 is 50.0 Å². The van der Waals surface area contributed by atoms with Gasteiger partial charge in [0.05, 0.1) is 25.4 Å². The van der Waals surface area contributed by atoms with Crippen LogP contribution in [-0.4, -0.2) is 110 Å². The number of carbonyl (C=O) groups excluding carboxylic acids is 1. The van der Waals surface area contributed by atoms with Crippen molar-refractivity contribution in [1.29, 1.82) is 0 Å². The Kier molecular flexibility index (Phi) is 30.7. The lowest BCUT2D eigenvalue weighted by Gasteiger charge is -2.40. The van der Waals surface area contributed by atoms with E-state index in [0.717, 1.165) is 64.2 Å². The van der Waals surface area contributed by atoms with Crippen molar-refractivity contribution in [2.24, 2.45) is 0 Å². The van der Waals surface area contributed by atoms with E-state index in [1.165, 1.54) is 64.2 Å². The SMILES string of the molecule is CCCCC/C=C/CCCC(O)C(O)C(COC1OC(CO)C(O)C(O)C1O)NC(=O)C(O)CCCCCCCC/C=C\CCCCCCCCCC. The second kappa shape index (κ2) is 32.8. The number of ether oxygens (including phenoxy) is 2. The summed E-state index contributed by atoms with van der Waals surface area (Å²) in [4.78, 5) is 13.0. The highest BCUT2D eigenvalue weighted by atomic mass is 16.7. The van der Waals surface area contributed by atoms with Gasteiger partial charge in [0.25, 0.3) is 0 Å². The summed E-state index contributed by atoms with van der Waals surface area (Å²) in [6, 6.07) is -1.18. The number of rotatable bonds is 34. The van der Waals surface area contributed by atoms with Crippen LogP contribution in [0.1, 0.15) is 168 Å². The van der Waals surface area contributed by atoms with Gasteiger partial charge in [0.15, 0.2) is 6.29 Å². The lowest BCUT2D eigenvalue weighted by atomic mass is 9.98. The Morgan fingerprint density at radius 2 is 1.11 bits per heavy atom. The molecule has 53 heavy (non-hydrogen) atoms. The Morgan fingerprint density at radius 1 is 0.642 bits per heavy atom. The largest absolute Gasteiger partial charge is 0.394 e. The molecule has 9 unspecified atom stereocenters. The number of aliphatic hydroxyl groups excluding tert-OH is 7. The predicted octanol–water partition coefficient (Wildman–Crippen LogP) is 5.89. The molecule has 1 heterocycles. The predicted molar refractivity (Wildman–Crippen MR) is 210 cm³/mol. The van der Waals surface area contributed by atoms with Crippen molar-refractivity contribution in [3.63, 3.8) is 0 Å². The maximum atomic E-state index is 13.0. The zero-order chi connectivity index (χ0) is 39.1. The molecule has 0 radical (unpaired) electrons. The third-order valence-corrected chi connectivity index (χ3v) is 10.2. The average molecular weight is 758 g/mol. The van der Waals surface area contributed by atoms with Crippen LogP contribution in [0.5, 0.6) is 0 Å². The number of unbranched alkanes of at least 4 members (excludes halogenated alkanes) is 18. The summed E-state index contributed by atoms with van der Waals surface area (Å²) in [6.07, 6.45) is 22.6. The minimum absolute atomic E-state index is 0.247. The first-order valence-electron chi connectivity index (χ1n) is 21.2. The fourth-order valence-electron chi connectivity index (χ4n) is 6.61. The summed E-state index contributed by atoms with van der Waals surface area (Å²) in [7, 11) is 0. The highest BCUT2D eigenvalue weighted by Gasteiger charge is 2.44. The maximum Gasteiger partial charge on any atom is 0.249 e. The molecule has 11 heteroatoms. The van der Waals surface area contributed by atoms with E-state index in [1.54, 1.807) is 0 Å². The maximum absolute atomic E-state index is 13.0. The van der Waals surface area contributed by atoms with Gasteiger partial charge < -0.3 is 50.5 Å². The van der Waals surface area contributed by atoms with Gasteiger partial charge in [-0.3, -0.25) is 4.79 Å². The molecule has 1 amide bonds. The van der Waals surface area contributed by atoms with Crippen molar-refractivity contribution in [2.75, 3.05) is 13.2 Å². The van der Waals surface area contributed by atoms with E-state index in [0.29, 0.717) is 12.8 Å². The molecular weight excluding hydrogens is 678 g/mol. The Hall–Kier alpha value is -1.41. The molecule has 312 valence electrons. The minimum Gasteiger partial charge on any atom is -0.394 e. The highest BCUT2D eigenvalue weighted by molar-refractivity contribution is 5.80. The van der Waals surface area contributed by atoms with E-state index < -0.39 is 74.2 Å². The van der Waals surface area contributed by atoms with Crippen molar-refractivity contribution >= 4 is 5.91 Å². The molecular formula is C42H79NO10. The average Bonchev–Trinajstić information content (AvgIpc) is 3.16. The van der Waals surface area contributed by atoms with Crippen LogP contribution in [0.15, 0.2) is 24.3 Å². The lowest BCUT2D eigenvalue weighted by molar-refractivity contribution is -0.303. The molecule has 1 aliphatic rings. The number of nitrogens with one attached hydrogen (secondary N) is 1. The number of hydrogen-bond donors (Lipinski definition) is 8. The number of allylic oxidation sites excluding steroid dienone is 4. The van der Waals surface area contributed by atoms with E-state index in [9.17, 15) is 40.5 Å². The Bertz CT molecular complexity index is 918. The number of amides is 1. The van der Waals surface area contributed by atoms with Gasteiger partial charge >= 0.3 is 0 Å². The molecule has 9 atom stereocenters. The normalized spacial score (nSPS) is 23.1. The number of hydrogen-bond acceptors (Lipinski definition) is 10. The van der Waals surface area contributed by atoms with Crippen LogP contribution in [0.25, 0.3) is 0 Å². The molecule has 0 aliphatic carbocycles. The third-order valence-electron chi connectivity index (χ3n) is 10.2. The van der Waals surface area contributed by atoms with Crippen molar-refractivity contribution in [1.82, 2.24) is 5.32 Å². The van der Waals surface area contributed by atoms with Crippen LogP contribution >= 0.6 is 0 Å². The first kappa shape index (κ1) is 49.6. The molecule has 0 aromatic rings. The van der Waals surface area contributed by atoms with Gasteiger partial charge in [0.2, 0.25) is 5.91 Å². The molecule has 8 N–H and O–H groups in total. The fourth-order valence-corrected chi connectivity index (χ4v) is 6.61. The first-order chi connectivity index (χ1) is 25.7. The van der Waals surface area contributed by atoms with Gasteiger partial charge in [0.1, 0.15) is 36.6 Å². The Balaban J connectivity index is 2.46. The molecule has 0 spiro atoms. The summed E-state index contributed by atoms with van der Waals surface area (Å²) in [5.41, 5.74) is 0. The molecule has 0 aromatic heterocycles. The van der Waals surface area contributed by atoms with Crippen molar-refractivity contribution in [3.05, 3.63) is 24.3 Å². The standard InChI is InChI=1S/C42H79NO10/c1-3-5-7-9-11-13-14-15-16-17-18-19-20-21-22-24-26-28-30-35(46)41(51)43-33(32-52-42-40(50)39(49)38(48)36(31-44)53-42)37(47)34(45)29-27-25-23-12-10-8-6-4-2/h12,17-18,23,33-40,42,44-50H,3-11,13-16,19-22,24-32H2,1-2H3,(H,43,51)/b18-17-,23-12+. The van der Waals surface area contributed by atoms with Crippen LogP contribution < -0.4 is 5.32 Å². The lowest BCUT2D eigenvalue weighted by Crippen LogP contribution is -2.60. The second-order valence-corrected chi connectivity index (χ2v) is 15.1. The molecule has 0 saturated carbocycles. The van der Waals surface area contributed by atoms with Gasteiger partial charge in [-0.15, -0.1) is 0 Å². The van der Waals surface area contributed by atoms with E-state index in [-0.39, 0.29) is 12.8 Å². The summed E-state index contributed by atoms with van der Waals surface area (Å²) in [5, 5.41) is 75.1. The minimum atomic E-state index is -1.66. The van der Waals surface area contributed by atoms with Gasteiger partial charge in [-0.2, -0.15) is 0 Å². The Morgan fingerprint density at radius 3 is 1.66 bits per heavy atom. The monoisotopic (exact) mass is 758 g/mol. The topological polar surface area (TPSA) is 189 Å². The van der Waals surface area contributed by atoms with E-state index >= 15 is 0 Å². The molecule has 0 aromatic carbocycles. The summed E-state index contributed by atoms with van der Waals surface area (Å²) >= 11 is 0. The summed E-state index contributed by atoms with van der Waals surface area (Å²) in [6.45, 7) is 3.33. The first-order valence-corrected chi connectivity index (χ1v) is 21.2. The van der Waals surface area contributed by atoms with Crippen LogP contribution in [0.4, 0.5) is 0 Å². The molecule has 1 fully saturated rings. The molecule has 1 aliphatic heterocycles. The number of aliphatic hydroxyl groups is 7. The zero-order valence-corrected chi connectivity index (χ0v) is 33.2. The van der Waals surface area contributed by atoms with Crippen LogP contribution in [0, 0.1) is 0 Å². The van der Waals surface area contributed by atoms with Crippen LogP contribution in [0.2, 0.25) is 0 Å². The molecule has 11 nitrogen and oxygen atoms in total. The van der Waals surface area contributed by atoms with Gasteiger partial charge in [-0.05, 0) is 64.2 Å². The van der Waals surface area contributed by atoms with E-state index in [1.807, 2.05) is 0 Å². The van der Waals surface area contributed by atoms with E-state index in [2.05, 4.69) is 43.5 Å². The zero-order valence-electron chi connectivity index (χ0n) is 33.2. The summed E-state index contributed by atoms with van der Waals surface area (Å²) < 4.78 is 11.0. The number of carbonyl (C=O) groups is 1. The smallest absolute Gasteiger partial charge is 0.249 e. The van der Waals surface area contributed by atoms with Crippen LogP contribution in [-0.2, 0) is 14.3 Å². The second-order valence-electron chi connectivity index (χ2n) is 15.1. The molecule has 1 rings (SSSR count). The van der Waals surface area contributed by atoms with Crippen molar-refractivity contribution in [2.45, 2.75) is 223 Å². The highest BCUT2D eigenvalue weighted by Crippen LogP contribution is 2.23. The van der Waals surface area contributed by atoms with Gasteiger partial charge in [-0.25, -0.2) is 0 Å². The van der Waals surface area contributed by atoms with E-state index in [4.69, 9.17) is 9.47 Å². The van der Waals surface area contributed by atoms with Crippen molar-refractivity contribution in [3.8, 4) is 0 Å². The quantitative estimate of drug-likeness (QED) is 0.0291. The van der Waals surface area contributed by atoms with Gasteiger partial charge in [-0.1, -0.05) is 128 Å². The third kappa shape index (κ3) is 23.3. The van der Waals surface area contributed by atoms with Crippen LogP contribution in [0.3, 0.4) is 0 Å².